The number of halogens is 1. The smallest absolute Gasteiger partial charge is 0.217 e. The van der Waals surface area contributed by atoms with Crippen LogP contribution in [0.2, 0.25) is 0 Å². The van der Waals surface area contributed by atoms with Crippen LogP contribution >= 0.6 is 27.3 Å². The molecule has 4 N–H and O–H groups in total. The molecule has 0 saturated heterocycles. The summed E-state index contributed by atoms with van der Waals surface area (Å²) >= 11 is 4.94. The Labute approximate surface area is 89.2 Å². The van der Waals surface area contributed by atoms with Crippen LogP contribution in [0, 0.1) is 0 Å². The second-order valence-electron chi connectivity index (χ2n) is 2.75. The van der Waals surface area contributed by atoms with Gasteiger partial charge in [0.2, 0.25) is 5.91 Å². The molecule has 1 aromatic heterocycles. The third-order valence-electron chi connectivity index (χ3n) is 1.66. The van der Waals surface area contributed by atoms with Gasteiger partial charge in [0.15, 0.2) is 0 Å². The number of rotatable bonds is 4. The molecule has 0 aliphatic heterocycles. The minimum Gasteiger partial charge on any atom is -0.370 e. The van der Waals surface area contributed by atoms with E-state index in [2.05, 4.69) is 15.9 Å². The number of hydrogen-bond acceptors (Lipinski definition) is 3. The van der Waals surface area contributed by atoms with Crippen molar-refractivity contribution < 1.29 is 4.79 Å². The minimum atomic E-state index is -0.300. The lowest BCUT2D eigenvalue weighted by Crippen LogP contribution is -2.15. The molecule has 72 valence electrons. The second-order valence-corrected chi connectivity index (χ2v) is 5.25. The highest BCUT2D eigenvalue weighted by Gasteiger charge is 2.09. The van der Waals surface area contributed by atoms with Gasteiger partial charge in [-0.2, -0.15) is 0 Å². The van der Waals surface area contributed by atoms with Crippen LogP contribution in [0.15, 0.2) is 15.9 Å². The zero-order chi connectivity index (χ0) is 9.84. The van der Waals surface area contributed by atoms with Crippen LogP contribution in [0.4, 0.5) is 0 Å². The summed E-state index contributed by atoms with van der Waals surface area (Å²) in [7, 11) is 0. The SMILES string of the molecule is NC(=O)CCC(N)c1ccc(Br)s1. The largest absolute Gasteiger partial charge is 0.370 e. The first-order valence-corrected chi connectivity index (χ1v) is 5.49. The van der Waals surface area contributed by atoms with Crippen LogP contribution in [-0.2, 0) is 4.79 Å². The third kappa shape index (κ3) is 3.46. The lowest BCUT2D eigenvalue weighted by atomic mass is 10.1. The number of carbonyl (C=O) groups is 1. The molecule has 1 aromatic rings. The zero-order valence-corrected chi connectivity index (χ0v) is 9.40. The predicted molar refractivity (Wildman–Crippen MR) is 57.4 cm³/mol. The van der Waals surface area contributed by atoms with Gasteiger partial charge in [0.05, 0.1) is 3.79 Å². The van der Waals surface area contributed by atoms with Crippen molar-refractivity contribution in [3.8, 4) is 0 Å². The molecule has 0 aliphatic carbocycles. The molecule has 3 nitrogen and oxygen atoms in total. The molecule has 0 radical (unpaired) electrons. The van der Waals surface area contributed by atoms with E-state index < -0.39 is 0 Å². The molecule has 0 bridgehead atoms. The summed E-state index contributed by atoms with van der Waals surface area (Å²) in [6, 6.07) is 3.83. The van der Waals surface area contributed by atoms with Crippen molar-refractivity contribution in [3.63, 3.8) is 0 Å². The molecule has 5 heteroatoms. The number of nitrogens with two attached hydrogens (primary N) is 2. The highest BCUT2D eigenvalue weighted by molar-refractivity contribution is 9.11. The lowest BCUT2D eigenvalue weighted by Gasteiger charge is -2.06. The average Bonchev–Trinajstić information content (AvgIpc) is 2.47. The van der Waals surface area contributed by atoms with Crippen molar-refractivity contribution in [2.45, 2.75) is 18.9 Å². The topological polar surface area (TPSA) is 69.1 Å². The average molecular weight is 263 g/mol. The van der Waals surface area contributed by atoms with Gasteiger partial charge < -0.3 is 11.5 Å². The maximum atomic E-state index is 10.5. The van der Waals surface area contributed by atoms with E-state index in [-0.39, 0.29) is 11.9 Å². The van der Waals surface area contributed by atoms with Crippen molar-refractivity contribution in [2.75, 3.05) is 0 Å². The van der Waals surface area contributed by atoms with E-state index >= 15 is 0 Å². The molecule has 0 aromatic carbocycles. The Kier molecular flexibility index (Phi) is 3.90. The van der Waals surface area contributed by atoms with Gasteiger partial charge in [-0.15, -0.1) is 11.3 Å². The van der Waals surface area contributed by atoms with Crippen molar-refractivity contribution >= 4 is 33.2 Å². The Morgan fingerprint density at radius 2 is 2.31 bits per heavy atom. The molecule has 0 fully saturated rings. The molecule has 1 rings (SSSR count). The Morgan fingerprint density at radius 1 is 1.62 bits per heavy atom. The summed E-state index contributed by atoms with van der Waals surface area (Å²) in [5, 5.41) is 0. The first-order chi connectivity index (χ1) is 6.09. The lowest BCUT2D eigenvalue weighted by molar-refractivity contribution is -0.118. The van der Waals surface area contributed by atoms with Gasteiger partial charge in [-0.25, -0.2) is 0 Å². The van der Waals surface area contributed by atoms with E-state index in [0.717, 1.165) is 8.66 Å². The summed E-state index contributed by atoms with van der Waals surface area (Å²) in [5.74, 6) is -0.300. The van der Waals surface area contributed by atoms with E-state index in [1.807, 2.05) is 12.1 Å². The van der Waals surface area contributed by atoms with Crippen molar-refractivity contribution in [2.24, 2.45) is 11.5 Å². The first kappa shape index (κ1) is 10.7. The molecule has 1 heterocycles. The summed E-state index contributed by atoms with van der Waals surface area (Å²) in [6.45, 7) is 0. The molecule has 0 saturated carbocycles. The van der Waals surface area contributed by atoms with E-state index in [1.165, 1.54) is 0 Å². The second kappa shape index (κ2) is 4.74. The van der Waals surface area contributed by atoms with Crippen molar-refractivity contribution in [1.82, 2.24) is 0 Å². The van der Waals surface area contributed by atoms with Crippen molar-refractivity contribution in [3.05, 3.63) is 20.8 Å². The van der Waals surface area contributed by atoms with E-state index in [0.29, 0.717) is 12.8 Å². The fourth-order valence-corrected chi connectivity index (χ4v) is 2.43. The molecular formula is C8H11BrN2OS. The summed E-state index contributed by atoms with van der Waals surface area (Å²) in [4.78, 5) is 11.6. The summed E-state index contributed by atoms with van der Waals surface area (Å²) < 4.78 is 1.05. The molecule has 1 atom stereocenters. The molecule has 0 spiro atoms. The van der Waals surface area contributed by atoms with Crippen LogP contribution in [-0.4, -0.2) is 5.91 Å². The van der Waals surface area contributed by atoms with Gasteiger partial charge >= 0.3 is 0 Å². The first-order valence-electron chi connectivity index (χ1n) is 3.88. The van der Waals surface area contributed by atoms with Gasteiger partial charge in [0.1, 0.15) is 0 Å². The maximum absolute atomic E-state index is 10.5. The molecule has 1 unspecified atom stereocenters. The fourth-order valence-electron chi connectivity index (χ4n) is 0.968. The fraction of sp³-hybridized carbons (Fsp3) is 0.375. The Morgan fingerprint density at radius 3 is 2.77 bits per heavy atom. The normalized spacial score (nSPS) is 12.8. The Hall–Kier alpha value is -0.390. The number of thiophene rings is 1. The Bertz CT molecular complexity index is 300. The van der Waals surface area contributed by atoms with Gasteiger partial charge in [-0.05, 0) is 34.5 Å². The van der Waals surface area contributed by atoms with Crippen LogP contribution in [0.25, 0.3) is 0 Å². The maximum Gasteiger partial charge on any atom is 0.217 e. The van der Waals surface area contributed by atoms with Crippen LogP contribution in [0.5, 0.6) is 0 Å². The van der Waals surface area contributed by atoms with Gasteiger partial charge in [-0.3, -0.25) is 4.79 Å². The van der Waals surface area contributed by atoms with Crippen molar-refractivity contribution in [1.29, 1.82) is 0 Å². The highest BCUT2D eigenvalue weighted by atomic mass is 79.9. The van der Waals surface area contributed by atoms with Gasteiger partial charge in [-0.1, -0.05) is 0 Å². The number of hydrogen-bond donors (Lipinski definition) is 2. The number of amides is 1. The van der Waals surface area contributed by atoms with E-state index in [1.54, 1.807) is 11.3 Å². The quantitative estimate of drug-likeness (QED) is 0.869. The van der Waals surface area contributed by atoms with Gasteiger partial charge in [0, 0.05) is 17.3 Å². The predicted octanol–water partition coefficient (Wildman–Crippen LogP) is 1.78. The standard InChI is InChI=1S/C8H11BrN2OS/c9-7-3-2-6(13-7)5(10)1-4-8(11)12/h2-3,5H,1,4,10H2,(H2,11,12). The molecule has 0 aliphatic rings. The van der Waals surface area contributed by atoms with E-state index in [4.69, 9.17) is 11.5 Å². The molecule has 13 heavy (non-hydrogen) atoms. The van der Waals surface area contributed by atoms with Crippen LogP contribution in [0.1, 0.15) is 23.8 Å². The number of carbonyl (C=O) groups excluding carboxylic acids is 1. The van der Waals surface area contributed by atoms with Crippen LogP contribution in [0.3, 0.4) is 0 Å². The molecule has 1 amide bonds. The third-order valence-corrected chi connectivity index (χ3v) is 3.42. The monoisotopic (exact) mass is 262 g/mol. The Balaban J connectivity index is 2.48. The number of primary amides is 1. The van der Waals surface area contributed by atoms with Crippen LogP contribution < -0.4 is 11.5 Å². The minimum absolute atomic E-state index is 0.0798. The van der Waals surface area contributed by atoms with E-state index in [9.17, 15) is 4.79 Å². The van der Waals surface area contributed by atoms with Gasteiger partial charge in [0.25, 0.3) is 0 Å². The summed E-state index contributed by atoms with van der Waals surface area (Å²) in [6.07, 6.45) is 0.957. The highest BCUT2D eigenvalue weighted by Crippen LogP contribution is 2.27. The molecular weight excluding hydrogens is 252 g/mol. The summed E-state index contributed by atoms with van der Waals surface area (Å²) in [5.41, 5.74) is 10.9. The zero-order valence-electron chi connectivity index (χ0n) is 7.00.